The Labute approximate surface area is 183 Å². The number of allylic oxidation sites excluding steroid dienone is 1. The number of halogens is 1. The van der Waals surface area contributed by atoms with E-state index in [2.05, 4.69) is 26.6 Å². The summed E-state index contributed by atoms with van der Waals surface area (Å²) in [5.41, 5.74) is 4.08. The molecule has 0 aromatic heterocycles. The predicted octanol–water partition coefficient (Wildman–Crippen LogP) is 4.69. The lowest BCUT2D eigenvalue weighted by Gasteiger charge is -2.32. The summed E-state index contributed by atoms with van der Waals surface area (Å²) in [6.07, 6.45) is 0.574. The number of hydrogen-bond acceptors (Lipinski definition) is 6. The molecular weight excluding hydrogens is 448 g/mol. The van der Waals surface area contributed by atoms with Crippen molar-refractivity contribution in [3.63, 3.8) is 0 Å². The molecule has 156 valence electrons. The van der Waals surface area contributed by atoms with E-state index >= 15 is 0 Å². The van der Waals surface area contributed by atoms with E-state index in [0.717, 1.165) is 27.1 Å². The van der Waals surface area contributed by atoms with Gasteiger partial charge in [-0.2, -0.15) is 0 Å². The Morgan fingerprint density at radius 1 is 1.13 bits per heavy atom. The third-order valence-corrected chi connectivity index (χ3v) is 6.35. The molecule has 1 heterocycles. The summed E-state index contributed by atoms with van der Waals surface area (Å²) in [5.74, 6) is -0.973. The Morgan fingerprint density at radius 2 is 1.87 bits per heavy atom. The van der Waals surface area contributed by atoms with Gasteiger partial charge in [-0.1, -0.05) is 25.1 Å². The van der Waals surface area contributed by atoms with Gasteiger partial charge in [0.2, 0.25) is 0 Å². The van der Waals surface area contributed by atoms with Crippen LogP contribution >= 0.6 is 15.9 Å². The quantitative estimate of drug-likeness (QED) is 0.500. The van der Waals surface area contributed by atoms with Gasteiger partial charge in [-0.25, -0.2) is 0 Å². The Bertz CT molecular complexity index is 1050. The minimum atomic E-state index is -0.817. The van der Waals surface area contributed by atoms with Crippen LogP contribution in [0.15, 0.2) is 58.2 Å². The molecule has 0 spiro atoms. The molecule has 2 aliphatic rings. The molecule has 0 bridgehead atoms. The van der Waals surface area contributed by atoms with Crippen molar-refractivity contribution in [1.29, 1.82) is 0 Å². The number of fused-ring (bicyclic) bond motifs is 1. The molecule has 2 N–H and O–H groups in total. The van der Waals surface area contributed by atoms with Crippen LogP contribution in [0.1, 0.15) is 24.9 Å². The minimum absolute atomic E-state index is 0.162. The van der Waals surface area contributed by atoms with E-state index in [0.29, 0.717) is 17.7 Å². The number of carbonyl (C=O) groups is 2. The molecule has 1 aliphatic heterocycles. The third-order valence-electron chi connectivity index (χ3n) is 5.73. The Balaban J connectivity index is 1.87. The van der Waals surface area contributed by atoms with E-state index in [-0.39, 0.29) is 11.7 Å². The standard InChI is InChI=1S/C23H23BrN2O4/c1-12-10-17-20(22(27)19(12)23(28)30-3)21(13-8-9-18(29-2)14(24)11-13)26-16-7-5-4-6-15(16)25-17/h4-9,11-12,19,21,25-26H,10H2,1-3H3. The molecule has 0 amide bonds. The van der Waals surface area contributed by atoms with Crippen molar-refractivity contribution in [3.8, 4) is 5.75 Å². The second-order valence-corrected chi connectivity index (χ2v) is 8.43. The fraction of sp³-hybridized carbons (Fsp3) is 0.304. The van der Waals surface area contributed by atoms with Gasteiger partial charge in [0.25, 0.3) is 0 Å². The lowest BCUT2D eigenvalue weighted by molar-refractivity contribution is -0.151. The topological polar surface area (TPSA) is 76.7 Å². The first kappa shape index (κ1) is 20.5. The minimum Gasteiger partial charge on any atom is -0.496 e. The van der Waals surface area contributed by atoms with Crippen molar-refractivity contribution in [1.82, 2.24) is 0 Å². The second-order valence-electron chi connectivity index (χ2n) is 7.58. The van der Waals surface area contributed by atoms with Gasteiger partial charge in [-0.15, -0.1) is 0 Å². The number of benzene rings is 2. The van der Waals surface area contributed by atoms with Crippen LogP contribution < -0.4 is 15.4 Å². The SMILES string of the molecule is COC(=O)C1C(=O)C2=C(CC1C)Nc1ccccc1NC2c1ccc(OC)c(Br)c1. The molecule has 4 rings (SSSR count). The maximum Gasteiger partial charge on any atom is 0.316 e. The van der Waals surface area contributed by atoms with E-state index in [1.165, 1.54) is 7.11 Å². The number of ether oxygens (including phenoxy) is 2. The summed E-state index contributed by atoms with van der Waals surface area (Å²) in [4.78, 5) is 26.0. The first-order chi connectivity index (χ1) is 14.4. The number of carbonyl (C=O) groups excluding carboxylic acids is 2. The van der Waals surface area contributed by atoms with Crippen LogP contribution in [0.25, 0.3) is 0 Å². The molecule has 7 heteroatoms. The fourth-order valence-corrected chi connectivity index (χ4v) is 4.80. The summed E-state index contributed by atoms with van der Waals surface area (Å²) in [6, 6.07) is 13.1. The first-order valence-corrected chi connectivity index (χ1v) is 10.5. The number of esters is 1. The number of methoxy groups -OCH3 is 2. The normalized spacial score (nSPS) is 22.8. The zero-order chi connectivity index (χ0) is 21.4. The average Bonchev–Trinajstić information content (AvgIpc) is 2.90. The molecule has 3 atom stereocenters. The van der Waals surface area contributed by atoms with Crippen LogP contribution in [0.3, 0.4) is 0 Å². The number of nitrogens with one attached hydrogen (secondary N) is 2. The van der Waals surface area contributed by atoms with Gasteiger partial charge in [-0.3, -0.25) is 9.59 Å². The highest BCUT2D eigenvalue weighted by Crippen LogP contribution is 2.44. The van der Waals surface area contributed by atoms with Gasteiger partial charge < -0.3 is 20.1 Å². The zero-order valence-electron chi connectivity index (χ0n) is 17.0. The van der Waals surface area contributed by atoms with E-state index in [1.54, 1.807) is 7.11 Å². The van der Waals surface area contributed by atoms with Crippen molar-refractivity contribution < 1.29 is 19.1 Å². The average molecular weight is 471 g/mol. The van der Waals surface area contributed by atoms with Crippen LogP contribution in [0.5, 0.6) is 5.75 Å². The van der Waals surface area contributed by atoms with Crippen molar-refractivity contribution in [2.45, 2.75) is 19.4 Å². The molecular formula is C23H23BrN2O4. The lowest BCUT2D eigenvalue weighted by atomic mass is 9.75. The van der Waals surface area contributed by atoms with Gasteiger partial charge in [0.1, 0.15) is 11.7 Å². The molecule has 3 unspecified atom stereocenters. The predicted molar refractivity (Wildman–Crippen MR) is 118 cm³/mol. The van der Waals surface area contributed by atoms with Gasteiger partial charge in [-0.05, 0) is 58.1 Å². The number of ketones is 1. The highest BCUT2D eigenvalue weighted by Gasteiger charge is 2.44. The lowest BCUT2D eigenvalue weighted by Crippen LogP contribution is -2.39. The molecule has 2 aromatic carbocycles. The number of para-hydroxylation sites is 2. The van der Waals surface area contributed by atoms with E-state index < -0.39 is 17.9 Å². The smallest absolute Gasteiger partial charge is 0.316 e. The number of anilines is 2. The van der Waals surface area contributed by atoms with E-state index in [1.807, 2.05) is 49.4 Å². The van der Waals surface area contributed by atoms with Crippen molar-refractivity contribution in [3.05, 3.63) is 63.8 Å². The van der Waals surface area contributed by atoms with E-state index in [9.17, 15) is 9.59 Å². The first-order valence-electron chi connectivity index (χ1n) is 9.75. The molecule has 6 nitrogen and oxygen atoms in total. The van der Waals surface area contributed by atoms with Crippen molar-refractivity contribution >= 4 is 39.1 Å². The zero-order valence-corrected chi connectivity index (χ0v) is 18.6. The van der Waals surface area contributed by atoms with Crippen molar-refractivity contribution in [2.24, 2.45) is 11.8 Å². The number of rotatable bonds is 3. The Morgan fingerprint density at radius 3 is 2.53 bits per heavy atom. The van der Waals surface area contributed by atoms with Crippen LogP contribution in [-0.4, -0.2) is 26.0 Å². The Hall–Kier alpha value is -2.80. The number of hydrogen-bond donors (Lipinski definition) is 2. The summed E-state index contributed by atoms with van der Waals surface area (Å²) in [5, 5.41) is 6.95. The molecule has 1 aliphatic carbocycles. The Kier molecular flexibility index (Phi) is 5.56. The molecule has 0 saturated carbocycles. The summed E-state index contributed by atoms with van der Waals surface area (Å²) in [7, 11) is 2.93. The highest BCUT2D eigenvalue weighted by molar-refractivity contribution is 9.10. The van der Waals surface area contributed by atoms with E-state index in [4.69, 9.17) is 9.47 Å². The summed E-state index contributed by atoms with van der Waals surface area (Å²) < 4.78 is 11.1. The highest BCUT2D eigenvalue weighted by atomic mass is 79.9. The maximum absolute atomic E-state index is 13.6. The molecule has 30 heavy (non-hydrogen) atoms. The number of Topliss-reactive ketones (excluding diaryl/α,β-unsaturated/α-hetero) is 1. The third kappa shape index (κ3) is 3.47. The maximum atomic E-state index is 13.6. The van der Waals surface area contributed by atoms with Crippen LogP contribution in [-0.2, 0) is 14.3 Å². The molecule has 0 radical (unpaired) electrons. The van der Waals surface area contributed by atoms with Crippen LogP contribution in [0, 0.1) is 11.8 Å². The van der Waals surface area contributed by atoms with Gasteiger partial charge in [0.05, 0.1) is 36.1 Å². The molecule has 0 saturated heterocycles. The second kappa shape index (κ2) is 8.14. The largest absolute Gasteiger partial charge is 0.496 e. The van der Waals surface area contributed by atoms with Crippen LogP contribution in [0.2, 0.25) is 0 Å². The summed E-state index contributed by atoms with van der Waals surface area (Å²) in [6.45, 7) is 1.91. The molecule has 2 aromatic rings. The van der Waals surface area contributed by atoms with Crippen LogP contribution in [0.4, 0.5) is 11.4 Å². The fourth-order valence-electron chi connectivity index (χ4n) is 4.25. The van der Waals surface area contributed by atoms with Gasteiger partial charge in [0, 0.05) is 11.3 Å². The molecule has 0 fully saturated rings. The van der Waals surface area contributed by atoms with Gasteiger partial charge in [0.15, 0.2) is 5.78 Å². The van der Waals surface area contributed by atoms with Gasteiger partial charge >= 0.3 is 5.97 Å². The van der Waals surface area contributed by atoms with Crippen molar-refractivity contribution in [2.75, 3.05) is 24.9 Å². The summed E-state index contributed by atoms with van der Waals surface area (Å²) >= 11 is 3.54. The monoisotopic (exact) mass is 470 g/mol.